The number of aliphatic hydroxyl groups excluding tert-OH is 3. The molecule has 108 valence electrons. The van der Waals surface area contributed by atoms with Crippen LogP contribution >= 0.6 is 0 Å². The fourth-order valence-corrected chi connectivity index (χ4v) is 1.75. The molecular weight excluding hydrogens is 246 g/mol. The van der Waals surface area contributed by atoms with Gasteiger partial charge in [-0.15, -0.1) is 0 Å². The van der Waals surface area contributed by atoms with E-state index >= 15 is 0 Å². The summed E-state index contributed by atoms with van der Waals surface area (Å²) < 4.78 is 5.61. The Labute approximate surface area is 113 Å². The lowest BCUT2D eigenvalue weighted by Gasteiger charge is -2.16. The fraction of sp³-hybridized carbons (Fsp3) is 0.571. The molecule has 1 rings (SSSR count). The zero-order valence-electron chi connectivity index (χ0n) is 11.5. The van der Waals surface area contributed by atoms with Crippen LogP contribution in [-0.2, 0) is 0 Å². The van der Waals surface area contributed by atoms with Gasteiger partial charge in [0, 0.05) is 13.1 Å². The number of nitrogens with one attached hydrogen (secondary N) is 1. The summed E-state index contributed by atoms with van der Waals surface area (Å²) in [5.74, 6) is 0.803. The van der Waals surface area contributed by atoms with Crippen LogP contribution in [0.15, 0.2) is 18.2 Å². The summed E-state index contributed by atoms with van der Waals surface area (Å²) in [7, 11) is 0. The van der Waals surface area contributed by atoms with Gasteiger partial charge in [-0.1, -0.05) is 18.2 Å². The molecule has 0 heterocycles. The van der Waals surface area contributed by atoms with Crippen LogP contribution in [0.25, 0.3) is 0 Å². The first-order valence-corrected chi connectivity index (χ1v) is 6.41. The third-order valence-corrected chi connectivity index (χ3v) is 2.80. The fourth-order valence-electron chi connectivity index (χ4n) is 1.75. The van der Waals surface area contributed by atoms with Gasteiger partial charge in [0.05, 0.1) is 12.7 Å². The number of aryl methyl sites for hydroxylation is 2. The molecule has 0 aliphatic rings. The Bertz CT molecular complexity index is 363. The van der Waals surface area contributed by atoms with Gasteiger partial charge in [-0.25, -0.2) is 0 Å². The van der Waals surface area contributed by atoms with Crippen molar-refractivity contribution < 1.29 is 20.1 Å². The molecule has 0 saturated heterocycles. The van der Waals surface area contributed by atoms with E-state index in [1.54, 1.807) is 0 Å². The van der Waals surface area contributed by atoms with Gasteiger partial charge in [-0.05, 0) is 25.0 Å². The average molecular weight is 269 g/mol. The van der Waals surface area contributed by atoms with E-state index in [0.717, 1.165) is 16.9 Å². The molecule has 0 radical (unpaired) electrons. The van der Waals surface area contributed by atoms with E-state index in [0.29, 0.717) is 6.54 Å². The van der Waals surface area contributed by atoms with Crippen molar-refractivity contribution >= 4 is 0 Å². The minimum Gasteiger partial charge on any atom is -0.490 e. The van der Waals surface area contributed by atoms with Crippen molar-refractivity contribution in [2.24, 2.45) is 0 Å². The maximum atomic E-state index is 9.75. The first kappa shape index (κ1) is 15.9. The van der Waals surface area contributed by atoms with Crippen LogP contribution < -0.4 is 10.1 Å². The minimum atomic E-state index is -0.799. The molecule has 0 saturated carbocycles. The number of ether oxygens (including phenoxy) is 1. The molecule has 5 heteroatoms. The van der Waals surface area contributed by atoms with Gasteiger partial charge in [0.15, 0.2) is 0 Å². The SMILES string of the molecule is Cc1cccc(C)c1OCC(O)CNCC(O)CO. The second kappa shape index (κ2) is 8.12. The minimum absolute atomic E-state index is 0.188. The molecule has 0 fully saturated rings. The summed E-state index contributed by atoms with van der Waals surface area (Å²) in [4.78, 5) is 0. The first-order valence-electron chi connectivity index (χ1n) is 6.41. The van der Waals surface area contributed by atoms with Gasteiger partial charge in [-0.3, -0.25) is 0 Å². The van der Waals surface area contributed by atoms with E-state index in [2.05, 4.69) is 5.32 Å². The summed E-state index contributed by atoms with van der Waals surface area (Å²) in [5.41, 5.74) is 2.08. The maximum absolute atomic E-state index is 9.75. The Hall–Kier alpha value is -1.14. The number of hydrogen-bond acceptors (Lipinski definition) is 5. The van der Waals surface area contributed by atoms with Crippen molar-refractivity contribution in [2.45, 2.75) is 26.1 Å². The van der Waals surface area contributed by atoms with Crippen LogP contribution in [0.4, 0.5) is 0 Å². The maximum Gasteiger partial charge on any atom is 0.125 e. The molecule has 0 aliphatic heterocycles. The number of hydrogen-bond donors (Lipinski definition) is 4. The molecule has 2 atom stereocenters. The van der Waals surface area contributed by atoms with Crippen LogP contribution in [0.2, 0.25) is 0 Å². The van der Waals surface area contributed by atoms with Crippen molar-refractivity contribution in [3.05, 3.63) is 29.3 Å². The van der Waals surface area contributed by atoms with Gasteiger partial charge in [0.1, 0.15) is 18.5 Å². The normalized spacial score (nSPS) is 14.2. The standard InChI is InChI=1S/C14H23NO4/c1-10-4-3-5-11(2)14(10)19-9-13(18)7-15-6-12(17)8-16/h3-5,12-13,15-18H,6-9H2,1-2H3. The van der Waals surface area contributed by atoms with Crippen LogP contribution in [-0.4, -0.2) is 53.8 Å². The van der Waals surface area contributed by atoms with Crippen molar-refractivity contribution in [1.82, 2.24) is 5.32 Å². The molecule has 19 heavy (non-hydrogen) atoms. The van der Waals surface area contributed by atoms with Gasteiger partial charge in [0.2, 0.25) is 0 Å². The highest BCUT2D eigenvalue weighted by Crippen LogP contribution is 2.22. The summed E-state index contributed by atoms with van der Waals surface area (Å²) in [6.07, 6.45) is -1.46. The van der Waals surface area contributed by atoms with E-state index < -0.39 is 12.2 Å². The monoisotopic (exact) mass is 269 g/mol. The van der Waals surface area contributed by atoms with Gasteiger partial charge >= 0.3 is 0 Å². The molecule has 1 aromatic carbocycles. The van der Waals surface area contributed by atoms with Gasteiger partial charge in [0.25, 0.3) is 0 Å². The predicted molar refractivity (Wildman–Crippen MR) is 73.4 cm³/mol. The van der Waals surface area contributed by atoms with E-state index in [1.807, 2.05) is 32.0 Å². The highest BCUT2D eigenvalue weighted by Gasteiger charge is 2.09. The van der Waals surface area contributed by atoms with Crippen LogP contribution in [0.3, 0.4) is 0 Å². The zero-order chi connectivity index (χ0) is 14.3. The van der Waals surface area contributed by atoms with E-state index in [4.69, 9.17) is 14.9 Å². The molecule has 1 aromatic rings. The first-order chi connectivity index (χ1) is 9.04. The van der Waals surface area contributed by atoms with Crippen molar-refractivity contribution in [1.29, 1.82) is 0 Å². The summed E-state index contributed by atoms with van der Waals surface area (Å²) in [6.45, 7) is 4.38. The van der Waals surface area contributed by atoms with Crippen molar-refractivity contribution in [3.63, 3.8) is 0 Å². The second-order valence-electron chi connectivity index (χ2n) is 4.68. The molecule has 0 aliphatic carbocycles. The summed E-state index contributed by atoms with van der Waals surface area (Å²) >= 11 is 0. The number of rotatable bonds is 8. The summed E-state index contributed by atoms with van der Waals surface area (Å²) in [6, 6.07) is 5.89. The Balaban J connectivity index is 2.32. The van der Waals surface area contributed by atoms with E-state index in [-0.39, 0.29) is 19.8 Å². The van der Waals surface area contributed by atoms with E-state index in [1.165, 1.54) is 0 Å². The van der Waals surface area contributed by atoms with Crippen LogP contribution in [0.1, 0.15) is 11.1 Å². The average Bonchev–Trinajstić information content (AvgIpc) is 2.38. The molecule has 4 N–H and O–H groups in total. The van der Waals surface area contributed by atoms with Crippen LogP contribution in [0.5, 0.6) is 5.75 Å². The molecule has 0 spiro atoms. The van der Waals surface area contributed by atoms with Crippen LogP contribution in [0, 0.1) is 13.8 Å². The van der Waals surface area contributed by atoms with Gasteiger partial charge < -0.3 is 25.4 Å². The second-order valence-corrected chi connectivity index (χ2v) is 4.68. The predicted octanol–water partition coefficient (Wildman–Crippen LogP) is -0.0141. The molecular formula is C14H23NO4. The molecule has 0 aromatic heterocycles. The van der Waals surface area contributed by atoms with E-state index in [9.17, 15) is 5.11 Å². The largest absolute Gasteiger partial charge is 0.490 e. The quantitative estimate of drug-likeness (QED) is 0.533. The smallest absolute Gasteiger partial charge is 0.125 e. The van der Waals surface area contributed by atoms with Crippen molar-refractivity contribution in [3.8, 4) is 5.75 Å². The lowest BCUT2D eigenvalue weighted by Crippen LogP contribution is -2.37. The zero-order valence-corrected chi connectivity index (χ0v) is 11.5. The molecule has 5 nitrogen and oxygen atoms in total. The van der Waals surface area contributed by atoms with Crippen molar-refractivity contribution in [2.75, 3.05) is 26.3 Å². The number of benzene rings is 1. The Kier molecular flexibility index (Phi) is 6.80. The number of para-hydroxylation sites is 1. The highest BCUT2D eigenvalue weighted by atomic mass is 16.5. The molecule has 0 bridgehead atoms. The molecule has 0 amide bonds. The Morgan fingerprint density at radius 1 is 1.11 bits per heavy atom. The lowest BCUT2D eigenvalue weighted by molar-refractivity contribution is 0.0793. The lowest BCUT2D eigenvalue weighted by atomic mass is 10.1. The third-order valence-electron chi connectivity index (χ3n) is 2.80. The van der Waals surface area contributed by atoms with Gasteiger partial charge in [-0.2, -0.15) is 0 Å². The third kappa shape index (κ3) is 5.57. The topological polar surface area (TPSA) is 82.0 Å². The Morgan fingerprint density at radius 3 is 2.26 bits per heavy atom. The molecule has 2 unspecified atom stereocenters. The highest BCUT2D eigenvalue weighted by molar-refractivity contribution is 5.39. The summed E-state index contributed by atoms with van der Waals surface area (Å²) in [5, 5.41) is 30.4. The number of aliphatic hydroxyl groups is 3. The Morgan fingerprint density at radius 2 is 1.68 bits per heavy atom.